The predicted octanol–water partition coefficient (Wildman–Crippen LogP) is 4.87. The summed E-state index contributed by atoms with van der Waals surface area (Å²) in [4.78, 5) is 30.8. The second kappa shape index (κ2) is 9.94. The number of halogens is 3. The molecule has 1 aliphatic carbocycles. The van der Waals surface area contributed by atoms with Crippen molar-refractivity contribution < 1.29 is 14.3 Å². The van der Waals surface area contributed by atoms with Crippen molar-refractivity contribution in [1.29, 1.82) is 5.26 Å². The Balaban J connectivity index is 1.50. The molecule has 0 unspecified atom stereocenters. The lowest BCUT2D eigenvalue weighted by atomic mass is 10.1. The van der Waals surface area contributed by atoms with Crippen LogP contribution in [-0.4, -0.2) is 49.7 Å². The predicted molar refractivity (Wildman–Crippen MR) is 140 cm³/mol. The summed E-state index contributed by atoms with van der Waals surface area (Å²) >= 11 is 17.7. The largest absolute Gasteiger partial charge is 0.472 e. The fraction of sp³-hybridized carbons (Fsp3) is 0.261. The van der Waals surface area contributed by atoms with Crippen LogP contribution in [0.3, 0.4) is 0 Å². The quantitative estimate of drug-likeness (QED) is 0.393. The summed E-state index contributed by atoms with van der Waals surface area (Å²) in [5.41, 5.74) is -0.503. The maximum Gasteiger partial charge on any atom is 0.274 e. The highest BCUT2D eigenvalue weighted by Crippen LogP contribution is 2.37. The highest BCUT2D eigenvalue weighted by atomic mass is 79.9. The van der Waals surface area contributed by atoms with E-state index in [1.165, 1.54) is 23.0 Å². The molecule has 3 aromatic rings. The van der Waals surface area contributed by atoms with Crippen molar-refractivity contribution >= 4 is 68.4 Å². The lowest BCUT2D eigenvalue weighted by Gasteiger charge is -2.24. The van der Waals surface area contributed by atoms with Crippen molar-refractivity contribution in [1.82, 2.24) is 20.1 Å². The molecule has 0 bridgehead atoms. The van der Waals surface area contributed by atoms with Gasteiger partial charge in [-0.05, 0) is 53.0 Å². The lowest BCUT2D eigenvalue weighted by molar-refractivity contribution is 0.0942. The molecule has 1 saturated carbocycles. The number of ether oxygens (including phenoxy) is 1. The zero-order valence-electron chi connectivity index (χ0n) is 18.4. The van der Waals surface area contributed by atoms with Crippen molar-refractivity contribution in [2.45, 2.75) is 24.5 Å². The van der Waals surface area contributed by atoms with Crippen LogP contribution in [0.25, 0.3) is 5.82 Å². The molecule has 2 aliphatic rings. The first-order valence-electron chi connectivity index (χ1n) is 10.8. The number of rotatable bonds is 7. The number of thioether (sulfide) groups is 1. The molecule has 0 atom stereocenters. The Morgan fingerprint density at radius 3 is 2.67 bits per heavy atom. The van der Waals surface area contributed by atoms with E-state index in [1.54, 1.807) is 30.0 Å². The minimum atomic E-state index is -0.895. The average molecular weight is 608 g/mol. The second-order valence-corrected chi connectivity index (χ2v) is 11.1. The van der Waals surface area contributed by atoms with Crippen LogP contribution in [0.5, 0.6) is 5.88 Å². The van der Waals surface area contributed by atoms with Crippen LogP contribution >= 0.6 is 50.9 Å². The first-order chi connectivity index (χ1) is 17.3. The van der Waals surface area contributed by atoms with Gasteiger partial charge in [0.1, 0.15) is 17.3 Å². The van der Waals surface area contributed by atoms with E-state index in [0.29, 0.717) is 22.3 Å². The van der Waals surface area contributed by atoms with E-state index < -0.39 is 17.4 Å². The number of hydrogen-bond donors (Lipinski definition) is 2. The van der Waals surface area contributed by atoms with Crippen LogP contribution in [0.4, 0.5) is 5.69 Å². The fourth-order valence-corrected chi connectivity index (χ4v) is 5.13. The molecule has 2 N–H and O–H groups in total. The summed E-state index contributed by atoms with van der Waals surface area (Å²) in [6.07, 6.45) is 2.66. The molecule has 1 aliphatic heterocycles. The number of amides is 2. The zero-order valence-corrected chi connectivity index (χ0v) is 22.3. The van der Waals surface area contributed by atoms with Crippen molar-refractivity contribution in [2.75, 3.05) is 16.8 Å². The van der Waals surface area contributed by atoms with Gasteiger partial charge in [0.15, 0.2) is 5.82 Å². The number of nitriles is 1. The van der Waals surface area contributed by atoms with Crippen LogP contribution < -0.4 is 15.4 Å². The number of nitrogens with zero attached hydrogens (tertiary/aromatic N) is 4. The minimum absolute atomic E-state index is 0.00375. The van der Waals surface area contributed by atoms with Gasteiger partial charge in [0, 0.05) is 33.3 Å². The van der Waals surface area contributed by atoms with Crippen molar-refractivity contribution in [3.63, 3.8) is 0 Å². The van der Waals surface area contributed by atoms with E-state index in [2.05, 4.69) is 42.7 Å². The Morgan fingerprint density at radius 2 is 2.03 bits per heavy atom. The van der Waals surface area contributed by atoms with E-state index in [4.69, 9.17) is 27.9 Å². The zero-order chi connectivity index (χ0) is 25.4. The Bertz CT molecular complexity index is 1420. The summed E-state index contributed by atoms with van der Waals surface area (Å²) in [6.45, 7) is 0. The molecule has 36 heavy (non-hydrogen) atoms. The van der Waals surface area contributed by atoms with Crippen LogP contribution in [0.15, 0.2) is 41.0 Å². The van der Waals surface area contributed by atoms with Gasteiger partial charge in [-0.3, -0.25) is 9.59 Å². The van der Waals surface area contributed by atoms with E-state index in [-0.39, 0.29) is 39.8 Å². The van der Waals surface area contributed by atoms with Crippen molar-refractivity contribution in [3.05, 3.63) is 62.3 Å². The van der Waals surface area contributed by atoms with E-state index >= 15 is 0 Å². The van der Waals surface area contributed by atoms with Gasteiger partial charge in [0.25, 0.3) is 11.8 Å². The SMILES string of the molecule is N#CC1(NC(=O)c2cc(Cl)cc(Br)c2NC(=O)c2cc(OC3CSC3)nn2-c2ncccc2Cl)CC1. The van der Waals surface area contributed by atoms with Gasteiger partial charge in [0.2, 0.25) is 5.88 Å². The number of nitrogens with one attached hydrogen (secondary N) is 2. The average Bonchev–Trinajstić information content (AvgIpc) is 3.46. The van der Waals surface area contributed by atoms with E-state index in [1.807, 2.05) is 0 Å². The van der Waals surface area contributed by atoms with Gasteiger partial charge in [0.05, 0.1) is 22.3 Å². The van der Waals surface area contributed by atoms with Gasteiger partial charge < -0.3 is 15.4 Å². The Morgan fingerprint density at radius 1 is 1.25 bits per heavy atom. The molecule has 1 saturated heterocycles. The summed E-state index contributed by atoms with van der Waals surface area (Å²) in [5, 5.41) is 19.9. The summed E-state index contributed by atoms with van der Waals surface area (Å²) in [5.74, 6) is 1.06. The molecular formula is C23H17BrCl2N6O3S. The molecule has 13 heteroatoms. The number of aromatic nitrogens is 3. The topological polar surface area (TPSA) is 122 Å². The Kier molecular flexibility index (Phi) is 6.87. The van der Waals surface area contributed by atoms with Gasteiger partial charge in [-0.1, -0.05) is 23.2 Å². The van der Waals surface area contributed by atoms with Gasteiger partial charge in [-0.15, -0.1) is 5.10 Å². The smallest absolute Gasteiger partial charge is 0.274 e. The third-order valence-electron chi connectivity index (χ3n) is 5.61. The fourth-order valence-electron chi connectivity index (χ4n) is 3.46. The maximum atomic E-state index is 13.5. The maximum absolute atomic E-state index is 13.5. The normalized spacial score (nSPS) is 15.9. The number of pyridine rings is 1. The molecule has 184 valence electrons. The molecule has 0 spiro atoms. The van der Waals surface area contributed by atoms with Crippen LogP contribution in [0.1, 0.15) is 33.7 Å². The standard InChI is InChI=1S/C23H17BrCl2N6O3S/c24-15-7-12(25)6-14(21(33)30-23(11-27)3-4-23)19(15)29-22(34)17-8-18(35-13-9-36-10-13)31-32(17)20-16(26)2-1-5-28-20/h1-2,5-8,13H,3-4,9-10H2,(H,29,34)(H,30,33). The number of anilines is 1. The highest BCUT2D eigenvalue weighted by Gasteiger charge is 2.45. The van der Waals surface area contributed by atoms with Gasteiger partial charge in [-0.25, -0.2) is 9.67 Å². The summed E-state index contributed by atoms with van der Waals surface area (Å²) in [7, 11) is 0. The number of carbonyl (C=O) groups excluding carboxylic acids is 2. The van der Waals surface area contributed by atoms with Crippen molar-refractivity contribution in [2.24, 2.45) is 0 Å². The van der Waals surface area contributed by atoms with E-state index in [0.717, 1.165) is 11.5 Å². The second-order valence-electron chi connectivity index (χ2n) is 8.28. The van der Waals surface area contributed by atoms with Gasteiger partial charge in [-0.2, -0.15) is 17.0 Å². The molecule has 2 aromatic heterocycles. The van der Waals surface area contributed by atoms with Crippen LogP contribution in [0.2, 0.25) is 10.0 Å². The molecule has 5 rings (SSSR count). The number of benzene rings is 1. The third kappa shape index (κ3) is 5.04. The van der Waals surface area contributed by atoms with E-state index in [9.17, 15) is 14.9 Å². The molecule has 1 aromatic carbocycles. The molecule has 2 amide bonds. The first kappa shape index (κ1) is 24.9. The Hall–Kier alpha value is -2.78. The van der Waals surface area contributed by atoms with Crippen LogP contribution in [-0.2, 0) is 0 Å². The molecule has 9 nitrogen and oxygen atoms in total. The van der Waals surface area contributed by atoms with Crippen LogP contribution in [0, 0.1) is 11.3 Å². The highest BCUT2D eigenvalue weighted by molar-refractivity contribution is 9.10. The van der Waals surface area contributed by atoms with Gasteiger partial charge >= 0.3 is 0 Å². The minimum Gasteiger partial charge on any atom is -0.472 e. The number of hydrogen-bond acceptors (Lipinski definition) is 7. The third-order valence-corrected chi connectivity index (χ3v) is 7.96. The summed E-state index contributed by atoms with van der Waals surface area (Å²) in [6, 6.07) is 9.91. The first-order valence-corrected chi connectivity index (χ1v) is 13.5. The monoisotopic (exact) mass is 606 g/mol. The van der Waals surface area contributed by atoms with Crippen molar-refractivity contribution in [3.8, 4) is 17.8 Å². The summed E-state index contributed by atoms with van der Waals surface area (Å²) < 4.78 is 7.58. The Labute approximate surface area is 228 Å². The molecule has 0 radical (unpaired) electrons. The molecular weight excluding hydrogens is 591 g/mol. The molecule has 2 fully saturated rings. The molecule has 3 heterocycles. The number of carbonyl (C=O) groups is 2. The lowest BCUT2D eigenvalue weighted by Crippen LogP contribution is -2.36.